The number of benzene rings is 1. The van der Waals surface area contributed by atoms with Gasteiger partial charge in [0.05, 0.1) is 5.69 Å². The summed E-state index contributed by atoms with van der Waals surface area (Å²) in [5, 5.41) is 13.9. The first kappa shape index (κ1) is 14.0. The number of likely N-dealkylation sites (tertiary alicyclic amines) is 1. The summed E-state index contributed by atoms with van der Waals surface area (Å²) in [4.78, 5) is 14.3. The predicted molar refractivity (Wildman–Crippen MR) is 81.4 cm³/mol. The largest absolute Gasteiger partial charge is 0.364 e. The van der Waals surface area contributed by atoms with Gasteiger partial charge in [-0.15, -0.1) is 0 Å². The number of aryl methyl sites for hydroxylation is 1. The van der Waals surface area contributed by atoms with E-state index in [-0.39, 0.29) is 5.91 Å². The molecule has 1 fully saturated rings. The lowest BCUT2D eigenvalue weighted by Gasteiger charge is -2.34. The number of aliphatic hydroxyl groups is 1. The Bertz CT molecular complexity index is 553. The average molecular weight is 339 g/mol. The smallest absolute Gasteiger partial charge is 0.277 e. The SMILES string of the molecule is Cc1cc(Br)c2c(c1)C(O)(N1CCCCCC1)C(=O)N2. The summed E-state index contributed by atoms with van der Waals surface area (Å²) >= 11 is 3.47. The second kappa shape index (κ2) is 5.13. The summed E-state index contributed by atoms with van der Waals surface area (Å²) in [7, 11) is 0. The normalized spacial score (nSPS) is 27.1. The van der Waals surface area contributed by atoms with Crippen molar-refractivity contribution in [3.05, 3.63) is 27.7 Å². The Morgan fingerprint density at radius 3 is 2.55 bits per heavy atom. The molecule has 1 unspecified atom stereocenters. The lowest BCUT2D eigenvalue weighted by molar-refractivity contribution is -0.158. The number of halogens is 1. The number of hydrogen-bond donors (Lipinski definition) is 2. The minimum atomic E-state index is -1.52. The number of amides is 1. The van der Waals surface area contributed by atoms with Gasteiger partial charge in [-0.25, -0.2) is 0 Å². The van der Waals surface area contributed by atoms with Crippen LogP contribution in [0.2, 0.25) is 0 Å². The average Bonchev–Trinajstić information content (AvgIpc) is 2.63. The number of anilines is 1. The van der Waals surface area contributed by atoms with E-state index < -0.39 is 5.72 Å². The van der Waals surface area contributed by atoms with Gasteiger partial charge in [0.15, 0.2) is 0 Å². The van der Waals surface area contributed by atoms with Crippen LogP contribution in [-0.2, 0) is 10.5 Å². The van der Waals surface area contributed by atoms with Crippen LogP contribution in [-0.4, -0.2) is 29.0 Å². The van der Waals surface area contributed by atoms with E-state index in [0.717, 1.165) is 36.0 Å². The number of fused-ring (bicyclic) bond motifs is 1. The van der Waals surface area contributed by atoms with Gasteiger partial charge >= 0.3 is 0 Å². The summed E-state index contributed by atoms with van der Waals surface area (Å²) in [6, 6.07) is 3.86. The molecule has 1 amide bonds. The maximum Gasteiger partial charge on any atom is 0.277 e. The molecule has 20 heavy (non-hydrogen) atoms. The third-order valence-electron chi connectivity index (χ3n) is 4.23. The second-order valence-electron chi connectivity index (χ2n) is 5.70. The molecule has 1 saturated heterocycles. The molecular formula is C15H19BrN2O2. The number of nitrogens with one attached hydrogen (secondary N) is 1. The number of carbonyl (C=O) groups excluding carboxylic acids is 1. The Morgan fingerprint density at radius 2 is 1.90 bits per heavy atom. The van der Waals surface area contributed by atoms with Crippen LogP contribution in [0.5, 0.6) is 0 Å². The summed E-state index contributed by atoms with van der Waals surface area (Å²) in [5.74, 6) is -0.333. The third kappa shape index (κ3) is 2.08. The molecule has 2 aliphatic heterocycles. The fourth-order valence-electron chi connectivity index (χ4n) is 3.18. The molecule has 3 rings (SSSR count). The lowest BCUT2D eigenvalue weighted by atomic mass is 10.00. The van der Waals surface area contributed by atoms with E-state index in [1.54, 1.807) is 0 Å². The first-order valence-electron chi connectivity index (χ1n) is 7.13. The van der Waals surface area contributed by atoms with Crippen LogP contribution in [0, 0.1) is 6.92 Å². The molecular weight excluding hydrogens is 320 g/mol. The second-order valence-corrected chi connectivity index (χ2v) is 6.55. The van der Waals surface area contributed by atoms with Crippen LogP contribution >= 0.6 is 15.9 Å². The van der Waals surface area contributed by atoms with Crippen molar-refractivity contribution in [2.45, 2.75) is 38.3 Å². The molecule has 1 aromatic carbocycles. The van der Waals surface area contributed by atoms with Gasteiger partial charge in [0.25, 0.3) is 5.91 Å². The number of nitrogens with zero attached hydrogens (tertiary/aromatic N) is 1. The van der Waals surface area contributed by atoms with Crippen molar-refractivity contribution in [2.75, 3.05) is 18.4 Å². The number of rotatable bonds is 1. The molecule has 2 N–H and O–H groups in total. The zero-order valence-corrected chi connectivity index (χ0v) is 13.2. The highest BCUT2D eigenvalue weighted by molar-refractivity contribution is 9.10. The van der Waals surface area contributed by atoms with Gasteiger partial charge in [-0.2, -0.15) is 0 Å². The predicted octanol–water partition coefficient (Wildman–Crippen LogP) is 2.73. The zero-order chi connectivity index (χ0) is 14.3. The maximum atomic E-state index is 12.4. The molecule has 5 heteroatoms. The number of hydrogen-bond acceptors (Lipinski definition) is 3. The fourth-order valence-corrected chi connectivity index (χ4v) is 3.85. The quantitative estimate of drug-likeness (QED) is 0.827. The molecule has 1 atom stereocenters. The summed E-state index contributed by atoms with van der Waals surface area (Å²) in [6.07, 6.45) is 4.38. The van der Waals surface area contributed by atoms with Gasteiger partial charge in [-0.1, -0.05) is 12.8 Å². The summed E-state index contributed by atoms with van der Waals surface area (Å²) < 4.78 is 0.826. The zero-order valence-electron chi connectivity index (χ0n) is 11.6. The standard InChI is InChI=1S/C15H19BrN2O2/c1-10-8-11-13(12(16)9-10)17-14(19)15(11,20)18-6-4-2-3-5-7-18/h8-9,20H,2-7H2,1H3,(H,17,19). The summed E-state index contributed by atoms with van der Waals surface area (Å²) in [6.45, 7) is 3.49. The van der Waals surface area contributed by atoms with E-state index in [1.165, 1.54) is 12.8 Å². The van der Waals surface area contributed by atoms with Gasteiger partial charge in [0.1, 0.15) is 0 Å². The van der Waals surface area contributed by atoms with Gasteiger partial charge in [0.2, 0.25) is 5.72 Å². The van der Waals surface area contributed by atoms with Crippen molar-refractivity contribution >= 4 is 27.5 Å². The van der Waals surface area contributed by atoms with Crippen molar-refractivity contribution in [3.8, 4) is 0 Å². The topological polar surface area (TPSA) is 52.6 Å². The Balaban J connectivity index is 2.07. The van der Waals surface area contributed by atoms with E-state index in [1.807, 2.05) is 24.0 Å². The molecule has 1 aromatic rings. The Kier molecular flexibility index (Phi) is 3.60. The Hall–Kier alpha value is -0.910. The molecule has 0 bridgehead atoms. The highest BCUT2D eigenvalue weighted by Crippen LogP contribution is 2.43. The molecule has 0 aromatic heterocycles. The lowest BCUT2D eigenvalue weighted by Crippen LogP contribution is -2.51. The van der Waals surface area contributed by atoms with Crippen LogP contribution in [0.3, 0.4) is 0 Å². The minimum absolute atomic E-state index is 0.333. The van der Waals surface area contributed by atoms with Gasteiger partial charge < -0.3 is 10.4 Å². The van der Waals surface area contributed by atoms with E-state index in [2.05, 4.69) is 21.2 Å². The molecule has 4 nitrogen and oxygen atoms in total. The Morgan fingerprint density at radius 1 is 1.25 bits per heavy atom. The van der Waals surface area contributed by atoms with Crippen molar-refractivity contribution in [1.29, 1.82) is 0 Å². The van der Waals surface area contributed by atoms with Crippen molar-refractivity contribution in [2.24, 2.45) is 0 Å². The van der Waals surface area contributed by atoms with Crippen molar-refractivity contribution in [1.82, 2.24) is 4.90 Å². The van der Waals surface area contributed by atoms with Crippen molar-refractivity contribution < 1.29 is 9.90 Å². The summed E-state index contributed by atoms with van der Waals surface area (Å²) in [5.41, 5.74) is 0.887. The van der Waals surface area contributed by atoms with Gasteiger partial charge in [-0.3, -0.25) is 9.69 Å². The van der Waals surface area contributed by atoms with E-state index >= 15 is 0 Å². The highest BCUT2D eigenvalue weighted by Gasteiger charge is 2.50. The van der Waals surface area contributed by atoms with Crippen LogP contribution in [0.25, 0.3) is 0 Å². The fraction of sp³-hybridized carbons (Fsp3) is 0.533. The monoisotopic (exact) mass is 338 g/mol. The van der Waals surface area contributed by atoms with Crippen LogP contribution in [0.4, 0.5) is 5.69 Å². The van der Waals surface area contributed by atoms with E-state index in [4.69, 9.17) is 0 Å². The highest BCUT2D eigenvalue weighted by atomic mass is 79.9. The van der Waals surface area contributed by atoms with Crippen LogP contribution < -0.4 is 5.32 Å². The van der Waals surface area contributed by atoms with Gasteiger partial charge in [-0.05, 0) is 53.4 Å². The number of carbonyl (C=O) groups is 1. The molecule has 0 radical (unpaired) electrons. The van der Waals surface area contributed by atoms with Crippen LogP contribution in [0.15, 0.2) is 16.6 Å². The molecule has 2 aliphatic rings. The first-order valence-corrected chi connectivity index (χ1v) is 7.92. The van der Waals surface area contributed by atoms with E-state index in [9.17, 15) is 9.90 Å². The van der Waals surface area contributed by atoms with Gasteiger partial charge in [0, 0.05) is 23.1 Å². The third-order valence-corrected chi connectivity index (χ3v) is 4.85. The van der Waals surface area contributed by atoms with E-state index in [0.29, 0.717) is 11.3 Å². The molecule has 2 heterocycles. The molecule has 0 spiro atoms. The molecule has 108 valence electrons. The molecule has 0 saturated carbocycles. The molecule has 0 aliphatic carbocycles. The minimum Gasteiger partial charge on any atom is -0.364 e. The maximum absolute atomic E-state index is 12.4. The first-order chi connectivity index (χ1) is 9.53. The Labute approximate surface area is 127 Å². The van der Waals surface area contributed by atoms with Crippen LogP contribution in [0.1, 0.15) is 36.8 Å². The van der Waals surface area contributed by atoms with Crippen molar-refractivity contribution in [3.63, 3.8) is 0 Å².